The van der Waals surface area contributed by atoms with Gasteiger partial charge in [-0.25, -0.2) is 0 Å². The number of nitrogens with zero attached hydrogens (tertiary/aromatic N) is 4. The predicted molar refractivity (Wildman–Crippen MR) is 102 cm³/mol. The first-order valence-electron chi connectivity index (χ1n) is 9.43. The minimum absolute atomic E-state index is 0.0297. The molecule has 0 saturated carbocycles. The van der Waals surface area contributed by atoms with E-state index in [-0.39, 0.29) is 11.5 Å². The molecule has 140 valence electrons. The number of hydrogen-bond acceptors (Lipinski definition) is 4. The monoisotopic (exact) mass is 357 g/mol. The summed E-state index contributed by atoms with van der Waals surface area (Å²) in [4.78, 5) is 35.1. The van der Waals surface area contributed by atoms with Gasteiger partial charge in [0.2, 0.25) is 0 Å². The van der Waals surface area contributed by atoms with Crippen LogP contribution in [0.25, 0.3) is 10.9 Å². The van der Waals surface area contributed by atoms with Crippen molar-refractivity contribution in [1.82, 2.24) is 24.3 Å². The molecule has 1 N–H and O–H groups in total. The summed E-state index contributed by atoms with van der Waals surface area (Å²) in [5.41, 5.74) is 1.02. The Balaban J connectivity index is 1.47. The maximum absolute atomic E-state index is 13.1. The van der Waals surface area contributed by atoms with Gasteiger partial charge in [0.15, 0.2) is 0 Å². The largest absolute Gasteiger partial charge is 0.357 e. The van der Waals surface area contributed by atoms with Crippen molar-refractivity contribution in [1.29, 1.82) is 0 Å². The number of piperazine rings is 1. The van der Waals surface area contributed by atoms with Crippen LogP contribution in [0.1, 0.15) is 23.2 Å². The zero-order valence-corrected chi connectivity index (χ0v) is 15.6. The molecule has 1 amide bonds. The van der Waals surface area contributed by atoms with Crippen molar-refractivity contribution in [2.45, 2.75) is 18.9 Å². The van der Waals surface area contributed by atoms with Gasteiger partial charge in [-0.05, 0) is 26.0 Å². The van der Waals surface area contributed by atoms with Crippen LogP contribution in [0.15, 0.2) is 23.3 Å². The Labute approximate surface area is 153 Å². The van der Waals surface area contributed by atoms with E-state index in [4.69, 9.17) is 0 Å². The van der Waals surface area contributed by atoms with Gasteiger partial charge in [0, 0.05) is 70.1 Å². The number of aromatic nitrogens is 2. The van der Waals surface area contributed by atoms with Crippen LogP contribution in [-0.2, 0) is 7.05 Å². The lowest BCUT2D eigenvalue weighted by atomic mass is 10.0. The molecule has 26 heavy (non-hydrogen) atoms. The van der Waals surface area contributed by atoms with Gasteiger partial charge < -0.3 is 19.4 Å². The topological polar surface area (TPSA) is 64.6 Å². The summed E-state index contributed by atoms with van der Waals surface area (Å²) in [6.07, 6.45) is 5.45. The number of piperidine rings is 1. The average molecular weight is 357 g/mol. The fraction of sp³-hybridized carbons (Fsp3) is 0.579. The maximum atomic E-state index is 13.1. The van der Waals surface area contributed by atoms with E-state index < -0.39 is 0 Å². The molecule has 2 aromatic rings. The highest BCUT2D eigenvalue weighted by atomic mass is 16.2. The predicted octanol–water partition coefficient (Wildman–Crippen LogP) is 0.719. The molecule has 0 radical (unpaired) electrons. The number of pyridine rings is 1. The zero-order valence-electron chi connectivity index (χ0n) is 15.6. The average Bonchev–Trinajstić information content (AvgIpc) is 3.15. The summed E-state index contributed by atoms with van der Waals surface area (Å²) < 4.78 is 1.49. The van der Waals surface area contributed by atoms with Gasteiger partial charge in [-0.15, -0.1) is 0 Å². The third-order valence-electron chi connectivity index (χ3n) is 5.93. The Bertz CT molecular complexity index is 854. The van der Waals surface area contributed by atoms with E-state index in [1.54, 1.807) is 19.4 Å². The third kappa shape index (κ3) is 3.05. The van der Waals surface area contributed by atoms with Crippen molar-refractivity contribution in [3.8, 4) is 0 Å². The van der Waals surface area contributed by atoms with E-state index in [0.29, 0.717) is 17.1 Å². The lowest BCUT2D eigenvalue weighted by molar-refractivity contribution is 0.0519. The Morgan fingerprint density at radius 2 is 1.77 bits per heavy atom. The molecule has 0 aliphatic carbocycles. The van der Waals surface area contributed by atoms with E-state index in [2.05, 4.69) is 21.8 Å². The summed E-state index contributed by atoms with van der Waals surface area (Å²) in [5.74, 6) is 0.0297. The van der Waals surface area contributed by atoms with Gasteiger partial charge >= 0.3 is 0 Å². The highest BCUT2D eigenvalue weighted by Crippen LogP contribution is 2.22. The highest BCUT2D eigenvalue weighted by molar-refractivity contribution is 6.05. The number of carbonyl (C=O) groups is 1. The van der Waals surface area contributed by atoms with Crippen LogP contribution in [0.2, 0.25) is 0 Å². The second kappa shape index (κ2) is 6.89. The Hall–Kier alpha value is -2.12. The number of amides is 1. The highest BCUT2D eigenvalue weighted by Gasteiger charge is 2.29. The second-order valence-electron chi connectivity index (χ2n) is 7.59. The standard InChI is InChI=1S/C19H27N5O2/c1-21-9-11-23(12-10-21)14-4-7-24(8-5-14)18(25)16-13-22(2)19(26)17-15(16)3-6-20-17/h3,6,13-14,20H,4-5,7-12H2,1-2H3. The van der Waals surface area contributed by atoms with Crippen LogP contribution in [0.3, 0.4) is 0 Å². The Morgan fingerprint density at radius 3 is 2.46 bits per heavy atom. The first-order valence-corrected chi connectivity index (χ1v) is 9.43. The molecule has 0 aromatic carbocycles. The lowest BCUT2D eigenvalue weighted by Crippen LogP contribution is -2.53. The molecule has 7 heteroatoms. The molecular weight excluding hydrogens is 330 g/mol. The number of likely N-dealkylation sites (N-methyl/N-ethyl adjacent to an activating group) is 1. The minimum Gasteiger partial charge on any atom is -0.357 e. The molecule has 4 heterocycles. The number of carbonyl (C=O) groups excluding carboxylic acids is 1. The maximum Gasteiger partial charge on any atom is 0.274 e. The van der Waals surface area contributed by atoms with Gasteiger partial charge in [0.05, 0.1) is 5.56 Å². The van der Waals surface area contributed by atoms with Gasteiger partial charge in [-0.2, -0.15) is 0 Å². The van der Waals surface area contributed by atoms with Gasteiger partial charge in [0.1, 0.15) is 5.52 Å². The molecular formula is C19H27N5O2. The number of rotatable bonds is 2. The fourth-order valence-corrected chi connectivity index (χ4v) is 4.23. The lowest BCUT2D eigenvalue weighted by Gasteiger charge is -2.42. The van der Waals surface area contributed by atoms with Crippen LogP contribution in [0.4, 0.5) is 0 Å². The van der Waals surface area contributed by atoms with Gasteiger partial charge in [-0.1, -0.05) is 0 Å². The van der Waals surface area contributed by atoms with Crippen molar-refractivity contribution in [3.05, 3.63) is 34.4 Å². The summed E-state index contributed by atoms with van der Waals surface area (Å²) in [7, 11) is 3.87. The van der Waals surface area contributed by atoms with Crippen LogP contribution in [-0.4, -0.2) is 82.5 Å². The normalized spacial score (nSPS) is 20.8. The van der Waals surface area contributed by atoms with E-state index in [0.717, 1.165) is 57.5 Å². The van der Waals surface area contributed by atoms with E-state index in [9.17, 15) is 9.59 Å². The first kappa shape index (κ1) is 17.3. The third-order valence-corrected chi connectivity index (χ3v) is 5.93. The summed E-state index contributed by atoms with van der Waals surface area (Å²) in [6, 6.07) is 2.40. The Kier molecular flexibility index (Phi) is 4.58. The van der Waals surface area contributed by atoms with Crippen molar-refractivity contribution < 1.29 is 4.79 Å². The van der Waals surface area contributed by atoms with Crippen LogP contribution < -0.4 is 5.56 Å². The van der Waals surface area contributed by atoms with Crippen molar-refractivity contribution >= 4 is 16.8 Å². The molecule has 0 spiro atoms. The van der Waals surface area contributed by atoms with Crippen LogP contribution >= 0.6 is 0 Å². The molecule has 0 unspecified atom stereocenters. The summed E-state index contributed by atoms with van der Waals surface area (Å²) >= 11 is 0. The molecule has 2 aliphatic rings. The zero-order chi connectivity index (χ0) is 18.3. The van der Waals surface area contributed by atoms with Crippen molar-refractivity contribution in [2.24, 2.45) is 7.05 Å². The van der Waals surface area contributed by atoms with Crippen molar-refractivity contribution in [3.63, 3.8) is 0 Å². The smallest absolute Gasteiger partial charge is 0.274 e. The quantitative estimate of drug-likeness (QED) is 0.860. The van der Waals surface area contributed by atoms with Crippen molar-refractivity contribution in [2.75, 3.05) is 46.3 Å². The number of fused-ring (bicyclic) bond motifs is 1. The minimum atomic E-state index is -0.102. The summed E-state index contributed by atoms with van der Waals surface area (Å²) in [6.45, 7) is 6.07. The first-order chi connectivity index (χ1) is 12.5. The molecule has 4 rings (SSSR count). The fourth-order valence-electron chi connectivity index (χ4n) is 4.23. The van der Waals surface area contributed by atoms with E-state index in [1.165, 1.54) is 4.57 Å². The number of aryl methyl sites for hydroxylation is 1. The van der Waals surface area contributed by atoms with Gasteiger partial charge in [-0.3, -0.25) is 14.5 Å². The molecule has 0 bridgehead atoms. The molecule has 2 aliphatic heterocycles. The van der Waals surface area contributed by atoms with Crippen LogP contribution in [0, 0.1) is 0 Å². The number of aromatic amines is 1. The molecule has 2 fully saturated rings. The second-order valence-corrected chi connectivity index (χ2v) is 7.59. The molecule has 2 aromatic heterocycles. The van der Waals surface area contributed by atoms with E-state index in [1.807, 2.05) is 11.0 Å². The molecule has 7 nitrogen and oxygen atoms in total. The summed E-state index contributed by atoms with van der Waals surface area (Å²) in [5, 5.41) is 0.722. The van der Waals surface area contributed by atoms with Gasteiger partial charge in [0.25, 0.3) is 11.5 Å². The SMILES string of the molecule is CN1CCN(C2CCN(C(=O)c3cn(C)c(=O)c4[nH]ccc34)CC2)CC1. The van der Waals surface area contributed by atoms with E-state index >= 15 is 0 Å². The molecule has 2 saturated heterocycles. The molecule has 0 atom stereocenters. The number of H-pyrrole nitrogens is 1. The number of hydrogen-bond donors (Lipinski definition) is 1. The number of nitrogens with one attached hydrogen (secondary N) is 1. The Morgan fingerprint density at radius 1 is 1.08 bits per heavy atom. The van der Waals surface area contributed by atoms with Crippen LogP contribution in [0.5, 0.6) is 0 Å². The number of likely N-dealkylation sites (tertiary alicyclic amines) is 1.